The molecule has 27 heavy (non-hydrogen) atoms. The van der Waals surface area contributed by atoms with E-state index in [9.17, 15) is 23.1 Å². The summed E-state index contributed by atoms with van der Waals surface area (Å²) in [6.07, 6.45) is -3.24. The zero-order valence-electron chi connectivity index (χ0n) is 14.5. The highest BCUT2D eigenvalue weighted by molar-refractivity contribution is 5.81. The minimum atomic E-state index is -4.37. The van der Waals surface area contributed by atoms with E-state index in [1.165, 1.54) is 12.1 Å². The molecule has 2 aromatic rings. The molecule has 2 aliphatic rings. The van der Waals surface area contributed by atoms with Gasteiger partial charge >= 0.3 is 12.1 Å². The molecule has 2 aromatic carbocycles. The third-order valence-electron chi connectivity index (χ3n) is 5.45. The number of carboxylic acids is 1. The van der Waals surface area contributed by atoms with Crippen LogP contribution in [0.25, 0.3) is 0 Å². The number of rotatable bonds is 2. The number of carbonyl (C=O) groups is 1. The van der Waals surface area contributed by atoms with E-state index >= 15 is 0 Å². The number of piperidine rings is 1. The third kappa shape index (κ3) is 3.22. The first-order valence-electron chi connectivity index (χ1n) is 8.88. The number of carboxylic acid groups (broad SMARTS) is 1. The Balaban J connectivity index is 1.69. The lowest BCUT2D eigenvalue weighted by atomic mass is 9.88. The van der Waals surface area contributed by atoms with Gasteiger partial charge in [0.1, 0.15) is 0 Å². The monoisotopic (exact) mass is 376 g/mol. The fourth-order valence-electron chi connectivity index (χ4n) is 4.08. The summed E-state index contributed by atoms with van der Waals surface area (Å²) in [6.45, 7) is 1.21. The van der Waals surface area contributed by atoms with Crippen LogP contribution in [-0.2, 0) is 11.0 Å². The van der Waals surface area contributed by atoms with Crippen LogP contribution in [0, 0.1) is 5.92 Å². The number of halogens is 3. The van der Waals surface area contributed by atoms with E-state index in [-0.39, 0.29) is 12.0 Å². The van der Waals surface area contributed by atoms with Gasteiger partial charge in [0, 0.05) is 24.8 Å². The van der Waals surface area contributed by atoms with Crippen LogP contribution in [0.15, 0.2) is 48.5 Å². The Kier molecular flexibility index (Phi) is 4.25. The molecule has 0 bridgehead atoms. The lowest BCUT2D eigenvalue weighted by molar-refractivity contribution is -0.142. The van der Waals surface area contributed by atoms with E-state index in [1.807, 2.05) is 29.2 Å². The fraction of sp³-hybridized carbons (Fsp3) is 0.350. The molecule has 2 aliphatic heterocycles. The Hall–Kier alpha value is -2.70. The van der Waals surface area contributed by atoms with Gasteiger partial charge in [-0.1, -0.05) is 12.1 Å². The molecule has 0 aromatic heterocycles. The van der Waals surface area contributed by atoms with Crippen molar-refractivity contribution in [3.05, 3.63) is 54.1 Å². The van der Waals surface area contributed by atoms with Gasteiger partial charge < -0.3 is 14.9 Å². The van der Waals surface area contributed by atoms with E-state index < -0.39 is 17.7 Å². The van der Waals surface area contributed by atoms with Crippen LogP contribution in [0.2, 0.25) is 0 Å². The summed E-state index contributed by atoms with van der Waals surface area (Å²) >= 11 is 0. The Labute approximate surface area is 154 Å². The maximum absolute atomic E-state index is 12.9. The molecule has 0 unspecified atom stereocenters. The van der Waals surface area contributed by atoms with Crippen molar-refractivity contribution in [2.75, 3.05) is 22.9 Å². The van der Waals surface area contributed by atoms with Gasteiger partial charge in [-0.05, 0) is 49.2 Å². The highest BCUT2D eigenvalue weighted by atomic mass is 19.4. The average Bonchev–Trinajstić information content (AvgIpc) is 2.66. The number of hydrogen-bond acceptors (Lipinski definition) is 3. The summed E-state index contributed by atoms with van der Waals surface area (Å²) in [5, 5.41) is 9.37. The summed E-state index contributed by atoms with van der Waals surface area (Å²) < 4.78 is 38.6. The summed E-state index contributed by atoms with van der Waals surface area (Å²) in [4.78, 5) is 15.6. The van der Waals surface area contributed by atoms with Gasteiger partial charge in [-0.25, -0.2) is 0 Å². The maximum Gasteiger partial charge on any atom is 0.416 e. The molecule has 0 saturated carbocycles. The number of hydrogen-bond donors (Lipinski definition) is 1. The van der Waals surface area contributed by atoms with Crippen molar-refractivity contribution in [2.45, 2.75) is 25.1 Å². The van der Waals surface area contributed by atoms with Crippen LogP contribution >= 0.6 is 0 Å². The largest absolute Gasteiger partial charge is 0.481 e. The van der Waals surface area contributed by atoms with Crippen LogP contribution in [0.1, 0.15) is 18.4 Å². The summed E-state index contributed by atoms with van der Waals surface area (Å²) in [5.41, 5.74) is 1.93. The van der Waals surface area contributed by atoms with Crippen molar-refractivity contribution in [3.8, 4) is 0 Å². The van der Waals surface area contributed by atoms with Crippen molar-refractivity contribution in [2.24, 2.45) is 5.92 Å². The van der Waals surface area contributed by atoms with E-state index in [0.717, 1.165) is 23.5 Å². The molecule has 1 fully saturated rings. The first kappa shape index (κ1) is 17.7. The first-order chi connectivity index (χ1) is 12.8. The number of anilines is 3. The zero-order valence-corrected chi connectivity index (χ0v) is 14.5. The first-order valence-corrected chi connectivity index (χ1v) is 8.88. The van der Waals surface area contributed by atoms with Gasteiger partial charge in [0.05, 0.1) is 22.9 Å². The van der Waals surface area contributed by atoms with Crippen molar-refractivity contribution in [3.63, 3.8) is 0 Å². The molecule has 2 atom stereocenters. The predicted molar refractivity (Wildman–Crippen MR) is 96.4 cm³/mol. The smallest absolute Gasteiger partial charge is 0.416 e. The molecule has 4 nitrogen and oxygen atoms in total. The SMILES string of the molecule is O=C(O)[C@@H]1CCN2c3ccccc3N(c3ccc(C(F)(F)F)cc3)C[C@H]2C1. The van der Waals surface area contributed by atoms with Crippen LogP contribution in [-0.4, -0.2) is 30.2 Å². The van der Waals surface area contributed by atoms with Crippen LogP contribution in [0.5, 0.6) is 0 Å². The Morgan fingerprint density at radius 1 is 1.04 bits per heavy atom. The van der Waals surface area contributed by atoms with Crippen molar-refractivity contribution < 1.29 is 23.1 Å². The summed E-state index contributed by atoms with van der Waals surface area (Å²) in [6, 6.07) is 12.9. The van der Waals surface area contributed by atoms with Gasteiger partial charge in [-0.15, -0.1) is 0 Å². The molecule has 142 valence electrons. The Morgan fingerprint density at radius 2 is 1.70 bits per heavy atom. The number of alkyl halides is 3. The van der Waals surface area contributed by atoms with Gasteiger partial charge in [0.2, 0.25) is 0 Å². The number of benzene rings is 2. The number of aliphatic carboxylic acids is 1. The summed E-state index contributed by atoms with van der Waals surface area (Å²) in [7, 11) is 0. The standard InChI is InChI=1S/C20H19F3N2O2/c21-20(22,23)14-5-7-15(8-6-14)25-12-16-11-13(19(26)27)9-10-24(16)17-3-1-2-4-18(17)25/h1-8,13,16H,9-12H2,(H,26,27)/t13-,16-/m1/s1. The van der Waals surface area contributed by atoms with E-state index in [4.69, 9.17) is 0 Å². The molecular weight excluding hydrogens is 357 g/mol. The molecule has 4 rings (SSSR count). The highest BCUT2D eigenvalue weighted by Gasteiger charge is 2.38. The quantitative estimate of drug-likeness (QED) is 0.837. The third-order valence-corrected chi connectivity index (χ3v) is 5.45. The van der Waals surface area contributed by atoms with Crippen LogP contribution in [0.3, 0.4) is 0 Å². The van der Waals surface area contributed by atoms with Crippen molar-refractivity contribution in [1.82, 2.24) is 0 Å². The molecule has 0 amide bonds. The lowest BCUT2D eigenvalue weighted by Crippen LogP contribution is -2.52. The second kappa shape index (κ2) is 6.48. The molecule has 1 N–H and O–H groups in total. The minimum absolute atomic E-state index is 0.0112. The predicted octanol–water partition coefficient (Wildman–Crippen LogP) is 4.53. The molecule has 0 aliphatic carbocycles. The topological polar surface area (TPSA) is 43.8 Å². The lowest BCUT2D eigenvalue weighted by Gasteiger charge is -2.48. The second-order valence-electron chi connectivity index (χ2n) is 7.05. The van der Waals surface area contributed by atoms with Gasteiger partial charge in [0.25, 0.3) is 0 Å². The highest BCUT2D eigenvalue weighted by Crippen LogP contribution is 2.43. The average molecular weight is 376 g/mol. The number of nitrogens with zero attached hydrogens (tertiary/aromatic N) is 2. The number of para-hydroxylation sites is 2. The zero-order chi connectivity index (χ0) is 19.2. The van der Waals surface area contributed by atoms with Crippen molar-refractivity contribution in [1.29, 1.82) is 0 Å². The molecule has 7 heteroatoms. The van der Waals surface area contributed by atoms with Crippen molar-refractivity contribution >= 4 is 23.0 Å². The van der Waals surface area contributed by atoms with Gasteiger partial charge in [-0.2, -0.15) is 13.2 Å². The van der Waals surface area contributed by atoms with Crippen LogP contribution < -0.4 is 9.80 Å². The second-order valence-corrected chi connectivity index (χ2v) is 7.05. The normalized spacial score (nSPS) is 22.2. The van der Waals surface area contributed by atoms with E-state index in [0.29, 0.717) is 31.6 Å². The molecule has 0 radical (unpaired) electrons. The molecule has 1 saturated heterocycles. The molecule has 0 spiro atoms. The van der Waals surface area contributed by atoms with Crippen LogP contribution in [0.4, 0.5) is 30.2 Å². The molecule has 2 heterocycles. The van der Waals surface area contributed by atoms with E-state index in [1.54, 1.807) is 0 Å². The maximum atomic E-state index is 12.9. The molecular formula is C20H19F3N2O2. The minimum Gasteiger partial charge on any atom is -0.481 e. The summed E-state index contributed by atoms with van der Waals surface area (Å²) in [5.74, 6) is -1.17. The van der Waals surface area contributed by atoms with E-state index in [2.05, 4.69) is 4.90 Å². The Bertz CT molecular complexity index is 851. The van der Waals surface area contributed by atoms with Gasteiger partial charge in [-0.3, -0.25) is 4.79 Å². The Morgan fingerprint density at radius 3 is 2.33 bits per heavy atom. The number of fused-ring (bicyclic) bond motifs is 3. The van der Waals surface area contributed by atoms with Gasteiger partial charge in [0.15, 0.2) is 0 Å². The fourth-order valence-corrected chi connectivity index (χ4v) is 4.08.